The Morgan fingerprint density at radius 3 is 2.68 bits per heavy atom. The van der Waals surface area contributed by atoms with Crippen molar-refractivity contribution in [3.8, 4) is 11.4 Å². The molecule has 2 rings (SSSR count). The number of halogens is 1. The Balaban J connectivity index is 2.29. The van der Waals surface area contributed by atoms with Gasteiger partial charge < -0.3 is 9.84 Å². The van der Waals surface area contributed by atoms with Crippen molar-refractivity contribution in [3.63, 3.8) is 0 Å². The van der Waals surface area contributed by atoms with Gasteiger partial charge in [-0.25, -0.2) is 4.39 Å². The first-order valence-electron chi connectivity index (χ1n) is 5.88. The number of hydrogen-bond donors (Lipinski definition) is 1. The van der Waals surface area contributed by atoms with Gasteiger partial charge in [0.15, 0.2) is 0 Å². The van der Waals surface area contributed by atoms with Crippen LogP contribution in [0.2, 0.25) is 0 Å². The van der Waals surface area contributed by atoms with Crippen molar-refractivity contribution in [1.82, 2.24) is 15.5 Å². The second-order valence-electron chi connectivity index (χ2n) is 4.46. The fourth-order valence-electron chi connectivity index (χ4n) is 1.59. The predicted molar refractivity (Wildman–Crippen MR) is 67.0 cm³/mol. The maximum absolute atomic E-state index is 13.9. The number of aromatic nitrogens is 2. The Hall–Kier alpha value is -2.24. The minimum atomic E-state index is -0.613. The van der Waals surface area contributed by atoms with Gasteiger partial charge in [-0.05, 0) is 26.0 Å². The average molecular weight is 263 g/mol. The second kappa shape index (κ2) is 5.17. The first-order valence-corrected chi connectivity index (χ1v) is 5.88. The van der Waals surface area contributed by atoms with E-state index in [-0.39, 0.29) is 11.6 Å². The molecular formula is C13H14FN3O2. The summed E-state index contributed by atoms with van der Waals surface area (Å²) in [7, 11) is 0. The van der Waals surface area contributed by atoms with Crippen molar-refractivity contribution in [3.05, 3.63) is 35.5 Å². The summed E-state index contributed by atoms with van der Waals surface area (Å²) in [5, 5.41) is 6.33. The van der Waals surface area contributed by atoms with Crippen molar-refractivity contribution >= 4 is 5.91 Å². The molecule has 0 unspecified atom stereocenters. The molecular weight excluding hydrogens is 249 g/mol. The number of amides is 1. The molecule has 6 heteroatoms. The quantitative estimate of drug-likeness (QED) is 0.922. The molecule has 0 spiro atoms. The van der Waals surface area contributed by atoms with E-state index < -0.39 is 11.7 Å². The van der Waals surface area contributed by atoms with Gasteiger partial charge in [0.05, 0.1) is 5.56 Å². The molecule has 0 aliphatic carbocycles. The first-order chi connectivity index (χ1) is 8.97. The van der Waals surface area contributed by atoms with Gasteiger partial charge in [0.2, 0.25) is 11.7 Å². The maximum atomic E-state index is 13.9. The van der Waals surface area contributed by atoms with Gasteiger partial charge in [-0.1, -0.05) is 11.2 Å². The molecule has 1 N–H and O–H groups in total. The van der Waals surface area contributed by atoms with Gasteiger partial charge in [-0.2, -0.15) is 4.98 Å². The highest BCUT2D eigenvalue weighted by atomic mass is 19.1. The van der Waals surface area contributed by atoms with Crippen LogP contribution >= 0.6 is 0 Å². The number of nitrogens with one attached hydrogen (secondary N) is 1. The Kier molecular flexibility index (Phi) is 3.59. The van der Waals surface area contributed by atoms with Gasteiger partial charge in [0.1, 0.15) is 5.82 Å². The number of benzene rings is 1. The highest BCUT2D eigenvalue weighted by Gasteiger charge is 2.15. The van der Waals surface area contributed by atoms with Crippen molar-refractivity contribution in [2.75, 3.05) is 0 Å². The molecule has 100 valence electrons. The van der Waals surface area contributed by atoms with Crippen LogP contribution in [-0.4, -0.2) is 22.1 Å². The lowest BCUT2D eigenvalue weighted by Gasteiger charge is -2.09. The van der Waals surface area contributed by atoms with E-state index in [1.54, 1.807) is 13.0 Å². The summed E-state index contributed by atoms with van der Waals surface area (Å²) in [5.41, 5.74) is 0.466. The van der Waals surface area contributed by atoms with Crippen LogP contribution in [0.15, 0.2) is 22.7 Å². The molecule has 0 aliphatic heterocycles. The highest BCUT2D eigenvalue weighted by molar-refractivity contribution is 5.95. The van der Waals surface area contributed by atoms with Crippen LogP contribution in [0.1, 0.15) is 30.1 Å². The maximum Gasteiger partial charge on any atom is 0.254 e. The Morgan fingerprint density at radius 2 is 2.16 bits per heavy atom. The van der Waals surface area contributed by atoms with E-state index in [9.17, 15) is 9.18 Å². The zero-order valence-electron chi connectivity index (χ0n) is 10.9. The SMILES string of the molecule is Cc1nc(-c2ccc(C(=O)NC(C)C)c(F)c2)no1. The number of nitrogens with zero attached hydrogens (tertiary/aromatic N) is 2. The van der Waals surface area contributed by atoms with E-state index in [1.165, 1.54) is 12.1 Å². The monoisotopic (exact) mass is 263 g/mol. The predicted octanol–water partition coefficient (Wildman–Crippen LogP) is 2.32. The molecule has 1 heterocycles. The number of carbonyl (C=O) groups is 1. The number of rotatable bonds is 3. The van der Waals surface area contributed by atoms with Crippen LogP contribution in [0, 0.1) is 12.7 Å². The van der Waals surface area contributed by atoms with E-state index in [0.717, 1.165) is 0 Å². The third kappa shape index (κ3) is 2.96. The minimum absolute atomic E-state index is 0.00216. The standard InChI is InChI=1S/C13H14FN3O2/c1-7(2)15-13(18)10-5-4-9(6-11(10)14)12-16-8(3)19-17-12/h4-7H,1-3H3,(H,15,18). The highest BCUT2D eigenvalue weighted by Crippen LogP contribution is 2.19. The van der Waals surface area contributed by atoms with Crippen LogP contribution in [0.5, 0.6) is 0 Å². The summed E-state index contributed by atoms with van der Waals surface area (Å²) >= 11 is 0. The van der Waals surface area contributed by atoms with E-state index in [0.29, 0.717) is 17.3 Å². The lowest BCUT2D eigenvalue weighted by atomic mass is 10.1. The summed E-state index contributed by atoms with van der Waals surface area (Å²) in [6, 6.07) is 4.17. The third-order valence-corrected chi connectivity index (χ3v) is 2.42. The summed E-state index contributed by atoms with van der Waals surface area (Å²) in [4.78, 5) is 15.7. The van der Waals surface area contributed by atoms with Crippen LogP contribution in [0.4, 0.5) is 4.39 Å². The molecule has 2 aromatic rings. The molecule has 0 radical (unpaired) electrons. The lowest BCUT2D eigenvalue weighted by Crippen LogP contribution is -2.30. The molecule has 1 aromatic heterocycles. The zero-order chi connectivity index (χ0) is 14.0. The van der Waals surface area contributed by atoms with Crippen molar-refractivity contribution < 1.29 is 13.7 Å². The van der Waals surface area contributed by atoms with Crippen LogP contribution in [0.25, 0.3) is 11.4 Å². The molecule has 1 amide bonds. The number of carbonyl (C=O) groups excluding carboxylic acids is 1. The fourth-order valence-corrected chi connectivity index (χ4v) is 1.59. The lowest BCUT2D eigenvalue weighted by molar-refractivity contribution is 0.0939. The van der Waals surface area contributed by atoms with E-state index in [2.05, 4.69) is 15.5 Å². The van der Waals surface area contributed by atoms with Gasteiger partial charge in [0, 0.05) is 18.5 Å². The summed E-state index contributed by atoms with van der Waals surface area (Å²) < 4.78 is 18.7. The molecule has 0 atom stereocenters. The smallest absolute Gasteiger partial charge is 0.254 e. The zero-order valence-corrected chi connectivity index (χ0v) is 10.9. The largest absolute Gasteiger partial charge is 0.350 e. The number of hydrogen-bond acceptors (Lipinski definition) is 4. The van der Waals surface area contributed by atoms with Crippen LogP contribution < -0.4 is 5.32 Å². The summed E-state index contributed by atoms with van der Waals surface area (Å²) in [6.45, 7) is 5.27. The summed E-state index contributed by atoms with van der Waals surface area (Å²) in [5.74, 6) is -0.356. The van der Waals surface area contributed by atoms with Gasteiger partial charge >= 0.3 is 0 Å². The molecule has 0 saturated heterocycles. The van der Waals surface area contributed by atoms with E-state index in [4.69, 9.17) is 4.52 Å². The minimum Gasteiger partial charge on any atom is -0.350 e. The third-order valence-electron chi connectivity index (χ3n) is 2.42. The fraction of sp³-hybridized carbons (Fsp3) is 0.308. The Morgan fingerprint density at radius 1 is 1.42 bits per heavy atom. The normalized spacial score (nSPS) is 10.8. The molecule has 1 aromatic carbocycles. The first kappa shape index (κ1) is 13.2. The van der Waals surface area contributed by atoms with Gasteiger partial charge in [-0.3, -0.25) is 4.79 Å². The molecule has 0 bridgehead atoms. The van der Waals surface area contributed by atoms with Crippen LogP contribution in [0.3, 0.4) is 0 Å². The van der Waals surface area contributed by atoms with E-state index in [1.807, 2.05) is 13.8 Å². The van der Waals surface area contributed by atoms with E-state index >= 15 is 0 Å². The molecule has 5 nitrogen and oxygen atoms in total. The Bertz CT molecular complexity index is 608. The van der Waals surface area contributed by atoms with Gasteiger partial charge in [-0.15, -0.1) is 0 Å². The molecule has 0 fully saturated rings. The second-order valence-corrected chi connectivity index (χ2v) is 4.46. The summed E-state index contributed by atoms with van der Waals surface area (Å²) in [6.07, 6.45) is 0. The Labute approximate surface area is 109 Å². The van der Waals surface area contributed by atoms with Crippen molar-refractivity contribution in [2.24, 2.45) is 0 Å². The molecule has 0 saturated carbocycles. The van der Waals surface area contributed by atoms with Crippen molar-refractivity contribution in [2.45, 2.75) is 26.8 Å². The number of aryl methyl sites for hydroxylation is 1. The topological polar surface area (TPSA) is 68.0 Å². The molecule has 19 heavy (non-hydrogen) atoms. The molecule has 0 aliphatic rings. The average Bonchev–Trinajstić information content (AvgIpc) is 2.74. The van der Waals surface area contributed by atoms with Crippen LogP contribution in [-0.2, 0) is 0 Å². The van der Waals surface area contributed by atoms with Gasteiger partial charge in [0.25, 0.3) is 5.91 Å². The van der Waals surface area contributed by atoms with Crippen molar-refractivity contribution in [1.29, 1.82) is 0 Å².